The summed E-state index contributed by atoms with van der Waals surface area (Å²) >= 11 is 0. The van der Waals surface area contributed by atoms with E-state index in [1.165, 1.54) is 21.8 Å². The summed E-state index contributed by atoms with van der Waals surface area (Å²) in [7, 11) is 0. The van der Waals surface area contributed by atoms with Gasteiger partial charge in [0.05, 0.1) is 22.1 Å². The largest absolute Gasteiger partial charge is 0.309 e. The molecule has 34 heavy (non-hydrogen) atoms. The fourth-order valence-corrected chi connectivity index (χ4v) is 5.04. The average molecular weight is 436 g/mol. The first-order valence-electron chi connectivity index (χ1n) is 11.5. The number of benzene rings is 5. The van der Waals surface area contributed by atoms with E-state index in [9.17, 15) is 0 Å². The van der Waals surface area contributed by atoms with Crippen LogP contribution in [0.15, 0.2) is 127 Å². The normalized spacial score (nSPS) is 11.5. The first-order chi connectivity index (χ1) is 16.9. The van der Waals surface area contributed by atoms with Crippen LogP contribution in [-0.4, -0.2) is 14.1 Å². The maximum Gasteiger partial charge on any atom is 0.145 e. The predicted molar refractivity (Wildman–Crippen MR) is 141 cm³/mol. The van der Waals surface area contributed by atoms with Gasteiger partial charge in [0.15, 0.2) is 0 Å². The fourth-order valence-electron chi connectivity index (χ4n) is 5.04. The zero-order valence-corrected chi connectivity index (χ0v) is 18.5. The SMILES string of the molecule is c1ccc(-c2nc3ccccc3n2-c2cccc(-n3c4ccccc4c4ccccc43)c2)cc1. The number of nitrogens with zero attached hydrogens (tertiary/aromatic N) is 3. The molecule has 0 aliphatic rings. The Morgan fingerprint density at radius 3 is 1.71 bits per heavy atom. The average Bonchev–Trinajstić information content (AvgIpc) is 3.46. The number of imidazole rings is 1. The van der Waals surface area contributed by atoms with Crippen molar-refractivity contribution in [3.8, 4) is 22.8 Å². The molecule has 0 fully saturated rings. The lowest BCUT2D eigenvalue weighted by Crippen LogP contribution is -2.00. The molecule has 3 heteroatoms. The molecule has 160 valence electrons. The van der Waals surface area contributed by atoms with Gasteiger partial charge in [0.1, 0.15) is 5.82 Å². The van der Waals surface area contributed by atoms with Gasteiger partial charge in [0.25, 0.3) is 0 Å². The molecule has 0 N–H and O–H groups in total. The Morgan fingerprint density at radius 2 is 1.00 bits per heavy atom. The highest BCUT2D eigenvalue weighted by molar-refractivity contribution is 6.09. The summed E-state index contributed by atoms with van der Waals surface area (Å²) in [6.07, 6.45) is 0. The van der Waals surface area contributed by atoms with Crippen molar-refractivity contribution in [3.05, 3.63) is 127 Å². The van der Waals surface area contributed by atoms with E-state index in [2.05, 4.69) is 124 Å². The molecule has 0 bridgehead atoms. The summed E-state index contributed by atoms with van der Waals surface area (Å²) in [5.41, 5.74) is 7.82. The van der Waals surface area contributed by atoms with Crippen molar-refractivity contribution < 1.29 is 0 Å². The van der Waals surface area contributed by atoms with E-state index in [1.54, 1.807) is 0 Å². The van der Waals surface area contributed by atoms with Gasteiger partial charge in [-0.25, -0.2) is 4.98 Å². The molecule has 7 aromatic rings. The summed E-state index contributed by atoms with van der Waals surface area (Å²) in [5, 5.41) is 2.53. The molecular formula is C31H21N3. The van der Waals surface area contributed by atoms with Gasteiger partial charge in [-0.1, -0.05) is 84.9 Å². The molecule has 0 aliphatic heterocycles. The molecule has 5 aromatic carbocycles. The van der Waals surface area contributed by atoms with Crippen molar-refractivity contribution in [2.75, 3.05) is 0 Å². The van der Waals surface area contributed by atoms with Crippen LogP contribution < -0.4 is 0 Å². The number of para-hydroxylation sites is 4. The van der Waals surface area contributed by atoms with E-state index in [1.807, 2.05) is 12.1 Å². The molecule has 0 saturated heterocycles. The molecule has 0 atom stereocenters. The van der Waals surface area contributed by atoms with Gasteiger partial charge in [-0.2, -0.15) is 0 Å². The maximum atomic E-state index is 5.01. The minimum Gasteiger partial charge on any atom is -0.309 e. The van der Waals surface area contributed by atoms with Crippen LogP contribution in [0.2, 0.25) is 0 Å². The van der Waals surface area contributed by atoms with Gasteiger partial charge >= 0.3 is 0 Å². The lowest BCUT2D eigenvalue weighted by atomic mass is 10.2. The molecule has 7 rings (SSSR count). The van der Waals surface area contributed by atoms with Crippen molar-refractivity contribution in [2.24, 2.45) is 0 Å². The monoisotopic (exact) mass is 435 g/mol. The second-order valence-corrected chi connectivity index (χ2v) is 8.52. The third kappa shape index (κ3) is 2.81. The molecule has 3 nitrogen and oxygen atoms in total. The summed E-state index contributed by atoms with van der Waals surface area (Å²) in [4.78, 5) is 5.01. The standard InChI is InChI=1S/C31H21N3/c1-2-11-22(12-3-1)31-32-27-17-6-9-20-30(27)34(31)24-14-10-13-23(21-24)33-28-18-7-4-15-25(28)26-16-5-8-19-29(26)33/h1-21H. The third-order valence-electron chi connectivity index (χ3n) is 6.52. The third-order valence-corrected chi connectivity index (χ3v) is 6.52. The highest BCUT2D eigenvalue weighted by Gasteiger charge is 2.16. The molecule has 0 aliphatic carbocycles. The van der Waals surface area contributed by atoms with Crippen LogP contribution in [0.4, 0.5) is 0 Å². The Balaban J connectivity index is 1.52. The Morgan fingerprint density at radius 1 is 0.441 bits per heavy atom. The minimum absolute atomic E-state index is 0.946. The predicted octanol–water partition coefficient (Wildman–Crippen LogP) is 7.79. The van der Waals surface area contributed by atoms with Gasteiger partial charge in [0.2, 0.25) is 0 Å². The minimum atomic E-state index is 0.946. The smallest absolute Gasteiger partial charge is 0.145 e. The van der Waals surface area contributed by atoms with Crippen molar-refractivity contribution in [2.45, 2.75) is 0 Å². The molecule has 0 saturated carbocycles. The maximum absolute atomic E-state index is 5.01. The number of aromatic nitrogens is 3. The van der Waals surface area contributed by atoms with Crippen LogP contribution in [0.3, 0.4) is 0 Å². The Bertz CT molecular complexity index is 1750. The van der Waals surface area contributed by atoms with Crippen LogP contribution in [0.25, 0.3) is 55.6 Å². The summed E-state index contributed by atoms with van der Waals surface area (Å²) < 4.78 is 4.62. The Hall–Kier alpha value is -4.63. The Kier molecular flexibility index (Phi) is 4.15. The van der Waals surface area contributed by atoms with Crippen LogP contribution in [-0.2, 0) is 0 Å². The molecule has 0 unspecified atom stereocenters. The molecule has 0 amide bonds. The van der Waals surface area contributed by atoms with Gasteiger partial charge in [-0.05, 0) is 42.5 Å². The highest BCUT2D eigenvalue weighted by Crippen LogP contribution is 2.34. The van der Waals surface area contributed by atoms with Crippen molar-refractivity contribution in [1.82, 2.24) is 14.1 Å². The van der Waals surface area contributed by atoms with Crippen LogP contribution in [0.5, 0.6) is 0 Å². The lowest BCUT2D eigenvalue weighted by molar-refractivity contribution is 1.09. The van der Waals surface area contributed by atoms with E-state index in [0.717, 1.165) is 33.8 Å². The van der Waals surface area contributed by atoms with Crippen molar-refractivity contribution in [1.29, 1.82) is 0 Å². The fraction of sp³-hybridized carbons (Fsp3) is 0. The first kappa shape index (κ1) is 18.9. The molecule has 0 spiro atoms. The molecule has 2 heterocycles. The number of hydrogen-bond donors (Lipinski definition) is 0. The molecular weight excluding hydrogens is 414 g/mol. The van der Waals surface area contributed by atoms with Crippen LogP contribution in [0.1, 0.15) is 0 Å². The molecule has 0 radical (unpaired) electrons. The van der Waals surface area contributed by atoms with Gasteiger partial charge < -0.3 is 4.57 Å². The number of fused-ring (bicyclic) bond motifs is 4. The van der Waals surface area contributed by atoms with Crippen LogP contribution in [0, 0.1) is 0 Å². The van der Waals surface area contributed by atoms with Gasteiger partial charge in [-0.3, -0.25) is 4.57 Å². The van der Waals surface area contributed by atoms with E-state index >= 15 is 0 Å². The second-order valence-electron chi connectivity index (χ2n) is 8.52. The number of hydrogen-bond acceptors (Lipinski definition) is 1. The summed E-state index contributed by atoms with van der Waals surface area (Å²) in [6.45, 7) is 0. The van der Waals surface area contributed by atoms with E-state index in [0.29, 0.717) is 0 Å². The topological polar surface area (TPSA) is 22.8 Å². The number of rotatable bonds is 3. The second kappa shape index (κ2) is 7.46. The Labute approximate surface area is 197 Å². The van der Waals surface area contributed by atoms with Gasteiger partial charge in [-0.15, -0.1) is 0 Å². The zero-order valence-electron chi connectivity index (χ0n) is 18.5. The van der Waals surface area contributed by atoms with Crippen molar-refractivity contribution in [3.63, 3.8) is 0 Å². The summed E-state index contributed by atoms with van der Waals surface area (Å²) in [6, 6.07) is 44.7. The van der Waals surface area contributed by atoms with E-state index in [4.69, 9.17) is 4.98 Å². The van der Waals surface area contributed by atoms with Crippen LogP contribution >= 0.6 is 0 Å². The van der Waals surface area contributed by atoms with Crippen molar-refractivity contribution >= 4 is 32.8 Å². The highest BCUT2D eigenvalue weighted by atomic mass is 15.1. The zero-order chi connectivity index (χ0) is 22.5. The summed E-state index contributed by atoms with van der Waals surface area (Å²) in [5.74, 6) is 0.946. The quantitative estimate of drug-likeness (QED) is 0.278. The first-order valence-corrected chi connectivity index (χ1v) is 11.5. The van der Waals surface area contributed by atoms with E-state index in [-0.39, 0.29) is 0 Å². The van der Waals surface area contributed by atoms with E-state index < -0.39 is 0 Å². The lowest BCUT2D eigenvalue weighted by Gasteiger charge is -2.13. The van der Waals surface area contributed by atoms with Gasteiger partial charge in [0, 0.05) is 27.7 Å². The molecule has 2 aromatic heterocycles.